The number of aromatic nitrogens is 2. The average molecular weight is 451 g/mol. The van der Waals surface area contributed by atoms with E-state index in [2.05, 4.69) is 33.0 Å². The SMILES string of the molecule is O=C(COC(=O)c1ccc(Cn2cccn2)o1)Nc1ccc(I)cc1. The molecule has 0 aliphatic rings. The maximum absolute atomic E-state index is 11.9. The molecular formula is C17H14IN3O4. The normalized spacial score (nSPS) is 10.4. The summed E-state index contributed by atoms with van der Waals surface area (Å²) in [5.74, 6) is -0.495. The summed E-state index contributed by atoms with van der Waals surface area (Å²) in [5, 5.41) is 6.71. The average Bonchev–Trinajstić information content (AvgIpc) is 3.27. The monoisotopic (exact) mass is 451 g/mol. The summed E-state index contributed by atoms with van der Waals surface area (Å²) in [7, 11) is 0. The number of carbonyl (C=O) groups is 2. The molecule has 1 N–H and O–H groups in total. The van der Waals surface area contributed by atoms with Crippen LogP contribution in [-0.2, 0) is 16.1 Å². The van der Waals surface area contributed by atoms with E-state index in [0.717, 1.165) is 3.57 Å². The first-order valence-corrected chi connectivity index (χ1v) is 8.47. The highest BCUT2D eigenvalue weighted by Gasteiger charge is 2.15. The molecule has 8 heteroatoms. The lowest BCUT2D eigenvalue weighted by atomic mass is 10.3. The molecule has 0 unspecified atom stereocenters. The van der Waals surface area contributed by atoms with Gasteiger partial charge in [-0.05, 0) is 65.1 Å². The van der Waals surface area contributed by atoms with Gasteiger partial charge < -0.3 is 14.5 Å². The van der Waals surface area contributed by atoms with Crippen molar-refractivity contribution in [2.75, 3.05) is 11.9 Å². The van der Waals surface area contributed by atoms with Crippen molar-refractivity contribution in [3.8, 4) is 0 Å². The van der Waals surface area contributed by atoms with E-state index in [9.17, 15) is 9.59 Å². The van der Waals surface area contributed by atoms with Crippen LogP contribution in [0.2, 0.25) is 0 Å². The Morgan fingerprint density at radius 2 is 2.00 bits per heavy atom. The molecule has 3 aromatic rings. The zero-order valence-corrected chi connectivity index (χ0v) is 15.2. The molecular weight excluding hydrogens is 437 g/mol. The summed E-state index contributed by atoms with van der Waals surface area (Å²) in [4.78, 5) is 23.8. The second-order valence-corrected chi connectivity index (χ2v) is 6.35. The molecule has 1 aromatic carbocycles. The number of benzene rings is 1. The van der Waals surface area contributed by atoms with Crippen LogP contribution in [0, 0.1) is 3.57 Å². The predicted molar refractivity (Wildman–Crippen MR) is 98.1 cm³/mol. The Balaban J connectivity index is 1.49. The lowest BCUT2D eigenvalue weighted by molar-refractivity contribution is -0.119. The number of carbonyl (C=O) groups excluding carboxylic acids is 2. The van der Waals surface area contributed by atoms with Gasteiger partial charge in [0, 0.05) is 21.7 Å². The number of anilines is 1. The molecule has 25 heavy (non-hydrogen) atoms. The summed E-state index contributed by atoms with van der Waals surface area (Å²) in [6.07, 6.45) is 3.44. The van der Waals surface area contributed by atoms with Crippen molar-refractivity contribution in [2.45, 2.75) is 6.54 Å². The van der Waals surface area contributed by atoms with Gasteiger partial charge in [0.05, 0.1) is 6.54 Å². The largest absolute Gasteiger partial charge is 0.452 e. The third-order valence-electron chi connectivity index (χ3n) is 3.20. The Morgan fingerprint density at radius 3 is 2.72 bits per heavy atom. The zero-order chi connectivity index (χ0) is 17.6. The van der Waals surface area contributed by atoms with Crippen molar-refractivity contribution in [1.82, 2.24) is 9.78 Å². The molecule has 2 aromatic heterocycles. The molecule has 0 fully saturated rings. The van der Waals surface area contributed by atoms with Crippen molar-refractivity contribution in [3.05, 3.63) is 69.9 Å². The molecule has 0 aliphatic carbocycles. The van der Waals surface area contributed by atoms with Crippen LogP contribution in [-0.4, -0.2) is 28.3 Å². The second kappa shape index (κ2) is 7.97. The lowest BCUT2D eigenvalue weighted by Gasteiger charge is -2.05. The van der Waals surface area contributed by atoms with Crippen LogP contribution >= 0.6 is 22.6 Å². The van der Waals surface area contributed by atoms with Gasteiger partial charge in [-0.3, -0.25) is 9.48 Å². The minimum Gasteiger partial charge on any atom is -0.452 e. The van der Waals surface area contributed by atoms with Gasteiger partial charge in [0.25, 0.3) is 5.91 Å². The maximum atomic E-state index is 11.9. The Kier molecular flexibility index (Phi) is 5.49. The number of rotatable bonds is 6. The first-order chi connectivity index (χ1) is 12.1. The smallest absolute Gasteiger partial charge is 0.374 e. The van der Waals surface area contributed by atoms with Crippen LogP contribution in [0.5, 0.6) is 0 Å². The molecule has 0 saturated heterocycles. The van der Waals surface area contributed by atoms with Gasteiger partial charge in [-0.1, -0.05) is 0 Å². The van der Waals surface area contributed by atoms with Crippen LogP contribution < -0.4 is 5.32 Å². The van der Waals surface area contributed by atoms with Gasteiger partial charge in [-0.25, -0.2) is 4.79 Å². The Morgan fingerprint density at radius 1 is 1.20 bits per heavy atom. The van der Waals surface area contributed by atoms with Crippen molar-refractivity contribution in [1.29, 1.82) is 0 Å². The maximum Gasteiger partial charge on any atom is 0.374 e. The molecule has 0 bridgehead atoms. The van der Waals surface area contributed by atoms with Crippen LogP contribution in [0.25, 0.3) is 0 Å². The van der Waals surface area contributed by atoms with Crippen LogP contribution in [0.15, 0.2) is 59.3 Å². The van der Waals surface area contributed by atoms with Gasteiger partial charge in [0.15, 0.2) is 6.61 Å². The van der Waals surface area contributed by atoms with E-state index in [1.54, 1.807) is 41.3 Å². The van der Waals surface area contributed by atoms with Crippen LogP contribution in [0.3, 0.4) is 0 Å². The van der Waals surface area contributed by atoms with Crippen LogP contribution in [0.1, 0.15) is 16.3 Å². The summed E-state index contributed by atoms with van der Waals surface area (Å²) in [6.45, 7) is 0.0214. The van der Waals surface area contributed by atoms with E-state index < -0.39 is 11.9 Å². The predicted octanol–water partition coefficient (Wildman–Crippen LogP) is 2.92. The molecule has 0 radical (unpaired) electrons. The molecule has 2 heterocycles. The Labute approximate surface area is 157 Å². The number of halogens is 1. The zero-order valence-electron chi connectivity index (χ0n) is 13.0. The Bertz CT molecular complexity index is 856. The number of hydrogen-bond acceptors (Lipinski definition) is 5. The summed E-state index contributed by atoms with van der Waals surface area (Å²) >= 11 is 2.17. The first-order valence-electron chi connectivity index (χ1n) is 7.39. The first kappa shape index (κ1) is 17.2. The molecule has 128 valence electrons. The Hall–Kier alpha value is -2.62. The highest BCUT2D eigenvalue weighted by atomic mass is 127. The second-order valence-electron chi connectivity index (χ2n) is 5.10. The van der Waals surface area contributed by atoms with Gasteiger partial charge in [-0.15, -0.1) is 0 Å². The van der Waals surface area contributed by atoms with Gasteiger partial charge in [0.2, 0.25) is 5.76 Å². The molecule has 0 aliphatic heterocycles. The number of nitrogens with zero attached hydrogens (tertiary/aromatic N) is 2. The van der Waals surface area contributed by atoms with E-state index in [4.69, 9.17) is 9.15 Å². The third kappa shape index (κ3) is 4.92. The molecule has 3 rings (SSSR count). The number of amides is 1. The molecule has 7 nitrogen and oxygen atoms in total. The highest BCUT2D eigenvalue weighted by molar-refractivity contribution is 14.1. The quantitative estimate of drug-likeness (QED) is 0.460. The lowest BCUT2D eigenvalue weighted by Crippen LogP contribution is -2.20. The van der Waals surface area contributed by atoms with Gasteiger partial charge >= 0.3 is 5.97 Å². The number of furan rings is 1. The van der Waals surface area contributed by atoms with E-state index >= 15 is 0 Å². The minimum absolute atomic E-state index is 0.0456. The van der Waals surface area contributed by atoms with E-state index in [0.29, 0.717) is 18.0 Å². The fourth-order valence-corrected chi connectivity index (χ4v) is 2.42. The van der Waals surface area contributed by atoms with Gasteiger partial charge in [-0.2, -0.15) is 5.10 Å². The van der Waals surface area contributed by atoms with Crippen molar-refractivity contribution < 1.29 is 18.7 Å². The molecule has 0 saturated carbocycles. The minimum atomic E-state index is -0.690. The van der Waals surface area contributed by atoms with Crippen molar-refractivity contribution in [2.24, 2.45) is 0 Å². The molecule has 0 atom stereocenters. The highest BCUT2D eigenvalue weighted by Crippen LogP contribution is 2.12. The number of nitrogens with one attached hydrogen (secondary N) is 1. The summed E-state index contributed by atoms with van der Waals surface area (Å²) in [5.41, 5.74) is 0.640. The van der Waals surface area contributed by atoms with E-state index in [-0.39, 0.29) is 12.4 Å². The van der Waals surface area contributed by atoms with E-state index in [1.165, 1.54) is 6.07 Å². The molecule has 0 spiro atoms. The van der Waals surface area contributed by atoms with Crippen molar-refractivity contribution >= 4 is 40.2 Å². The third-order valence-corrected chi connectivity index (χ3v) is 3.92. The number of hydrogen-bond donors (Lipinski definition) is 1. The topological polar surface area (TPSA) is 86.4 Å². The van der Waals surface area contributed by atoms with E-state index in [1.807, 2.05) is 12.1 Å². The summed E-state index contributed by atoms with van der Waals surface area (Å²) < 4.78 is 13.1. The van der Waals surface area contributed by atoms with Crippen molar-refractivity contribution in [3.63, 3.8) is 0 Å². The van der Waals surface area contributed by atoms with Gasteiger partial charge in [0.1, 0.15) is 5.76 Å². The fourth-order valence-electron chi connectivity index (χ4n) is 2.06. The number of esters is 1. The standard InChI is InChI=1S/C17H14IN3O4/c18-12-2-4-13(5-3-12)20-16(22)11-24-17(23)15-7-6-14(25-15)10-21-9-1-8-19-21/h1-9H,10-11H2,(H,20,22). The van der Waals surface area contributed by atoms with Crippen LogP contribution in [0.4, 0.5) is 5.69 Å². The molecule has 1 amide bonds. The summed E-state index contributed by atoms with van der Waals surface area (Å²) in [6, 6.07) is 12.3. The number of ether oxygens (including phenoxy) is 1. The fraction of sp³-hybridized carbons (Fsp3) is 0.118.